The second-order valence-electron chi connectivity index (χ2n) is 4.81. The minimum Gasteiger partial charge on any atom is -0.468 e. The lowest BCUT2D eigenvalue weighted by Crippen LogP contribution is -2.55. The van der Waals surface area contributed by atoms with E-state index >= 15 is 0 Å². The number of likely N-dealkylation sites (N-methyl/N-ethyl adjacent to an activating group) is 1. The maximum atomic E-state index is 11.4. The van der Waals surface area contributed by atoms with Gasteiger partial charge in [-0.15, -0.1) is 0 Å². The third-order valence-electron chi connectivity index (χ3n) is 2.89. The molecule has 0 spiro atoms. The zero-order valence-corrected chi connectivity index (χ0v) is 10.7. The summed E-state index contributed by atoms with van der Waals surface area (Å²) in [5.41, 5.74) is 4.96. The van der Waals surface area contributed by atoms with Gasteiger partial charge in [-0.25, -0.2) is 0 Å². The van der Waals surface area contributed by atoms with Gasteiger partial charge in [0, 0.05) is 12.6 Å². The van der Waals surface area contributed by atoms with Crippen molar-refractivity contribution >= 4 is 5.97 Å². The lowest BCUT2D eigenvalue weighted by atomic mass is 10.00. The zero-order chi connectivity index (χ0) is 12.2. The van der Waals surface area contributed by atoms with Crippen molar-refractivity contribution in [3.8, 4) is 0 Å². The zero-order valence-electron chi connectivity index (χ0n) is 10.7. The Labute approximate surface area is 92.8 Å². The normalized spacial score (nSPS) is 17.7. The standard InChI is InChI=1S/C11H24N2O2/c1-8(2)9(3)13(5)7-11(4,12)10(14)15-6/h8-9H,7,12H2,1-6H3. The summed E-state index contributed by atoms with van der Waals surface area (Å²) < 4.78 is 4.67. The Morgan fingerprint density at radius 3 is 2.27 bits per heavy atom. The molecule has 15 heavy (non-hydrogen) atoms. The summed E-state index contributed by atoms with van der Waals surface area (Å²) in [5, 5.41) is 0. The summed E-state index contributed by atoms with van der Waals surface area (Å²) in [7, 11) is 3.33. The molecular weight excluding hydrogens is 192 g/mol. The second kappa shape index (κ2) is 5.47. The molecule has 0 aliphatic carbocycles. The SMILES string of the molecule is COC(=O)C(C)(N)CN(C)C(C)C(C)C. The van der Waals surface area contributed by atoms with Gasteiger partial charge < -0.3 is 15.4 Å². The van der Waals surface area contributed by atoms with Gasteiger partial charge in [0.2, 0.25) is 0 Å². The van der Waals surface area contributed by atoms with Crippen LogP contribution in [0.1, 0.15) is 27.7 Å². The second-order valence-corrected chi connectivity index (χ2v) is 4.81. The van der Waals surface area contributed by atoms with E-state index in [2.05, 4.69) is 30.4 Å². The quantitative estimate of drug-likeness (QED) is 0.692. The van der Waals surface area contributed by atoms with Crippen LogP contribution >= 0.6 is 0 Å². The molecule has 2 unspecified atom stereocenters. The van der Waals surface area contributed by atoms with Gasteiger partial charge in [0.25, 0.3) is 0 Å². The largest absolute Gasteiger partial charge is 0.468 e. The molecule has 0 aliphatic rings. The highest BCUT2D eigenvalue weighted by molar-refractivity contribution is 5.80. The first-order valence-electron chi connectivity index (χ1n) is 5.30. The van der Waals surface area contributed by atoms with Crippen LogP contribution in [-0.2, 0) is 9.53 Å². The number of ether oxygens (including phenoxy) is 1. The molecule has 0 amide bonds. The molecule has 0 aromatic carbocycles. The van der Waals surface area contributed by atoms with Crippen molar-refractivity contribution in [2.24, 2.45) is 11.7 Å². The minimum absolute atomic E-state index is 0.370. The number of hydrogen-bond donors (Lipinski definition) is 1. The first-order valence-corrected chi connectivity index (χ1v) is 5.30. The van der Waals surface area contributed by atoms with Crippen LogP contribution in [0.25, 0.3) is 0 Å². The van der Waals surface area contributed by atoms with Crippen LogP contribution in [0.4, 0.5) is 0 Å². The molecule has 90 valence electrons. The molecule has 4 nitrogen and oxygen atoms in total. The summed E-state index contributed by atoms with van der Waals surface area (Å²) in [6.45, 7) is 8.61. The third-order valence-corrected chi connectivity index (χ3v) is 2.89. The Morgan fingerprint density at radius 2 is 1.93 bits per heavy atom. The predicted octanol–water partition coefficient (Wildman–Crippen LogP) is 0.853. The first-order chi connectivity index (χ1) is 6.72. The number of hydrogen-bond acceptors (Lipinski definition) is 4. The number of nitrogens with zero attached hydrogens (tertiary/aromatic N) is 1. The lowest BCUT2D eigenvalue weighted by Gasteiger charge is -2.33. The van der Waals surface area contributed by atoms with Crippen LogP contribution in [0.15, 0.2) is 0 Å². The van der Waals surface area contributed by atoms with Gasteiger partial charge in [0.1, 0.15) is 5.54 Å². The molecule has 0 rings (SSSR count). The lowest BCUT2D eigenvalue weighted by molar-refractivity contribution is -0.147. The van der Waals surface area contributed by atoms with Crippen LogP contribution in [0.2, 0.25) is 0 Å². The van der Waals surface area contributed by atoms with E-state index in [-0.39, 0.29) is 5.97 Å². The third kappa shape index (κ3) is 4.18. The predicted molar refractivity (Wildman–Crippen MR) is 61.5 cm³/mol. The van der Waals surface area contributed by atoms with Gasteiger partial charge in [-0.1, -0.05) is 13.8 Å². The van der Waals surface area contributed by atoms with Crippen molar-refractivity contribution in [2.45, 2.75) is 39.3 Å². The Kier molecular flexibility index (Phi) is 5.24. The van der Waals surface area contributed by atoms with E-state index in [1.807, 2.05) is 7.05 Å². The molecule has 0 saturated heterocycles. The number of carbonyl (C=O) groups is 1. The Morgan fingerprint density at radius 1 is 1.47 bits per heavy atom. The maximum absolute atomic E-state index is 11.4. The topological polar surface area (TPSA) is 55.6 Å². The van der Waals surface area contributed by atoms with Crippen molar-refractivity contribution in [1.29, 1.82) is 0 Å². The summed E-state index contributed by atoms with van der Waals surface area (Å²) in [6.07, 6.45) is 0. The molecule has 0 aromatic rings. The van der Waals surface area contributed by atoms with Crippen LogP contribution < -0.4 is 5.73 Å². The molecule has 4 heteroatoms. The number of esters is 1. The molecule has 0 aliphatic heterocycles. The molecule has 0 fully saturated rings. The van der Waals surface area contributed by atoms with Gasteiger partial charge >= 0.3 is 5.97 Å². The molecule has 0 heterocycles. The summed E-state index contributed by atoms with van der Waals surface area (Å²) in [4.78, 5) is 13.5. The molecule has 2 atom stereocenters. The van der Waals surface area contributed by atoms with E-state index in [1.165, 1.54) is 7.11 Å². The van der Waals surface area contributed by atoms with Crippen LogP contribution in [0.5, 0.6) is 0 Å². The fourth-order valence-corrected chi connectivity index (χ4v) is 1.47. The van der Waals surface area contributed by atoms with Gasteiger partial charge in [-0.2, -0.15) is 0 Å². The van der Waals surface area contributed by atoms with Crippen molar-refractivity contribution in [2.75, 3.05) is 20.7 Å². The van der Waals surface area contributed by atoms with E-state index in [1.54, 1.807) is 6.92 Å². The minimum atomic E-state index is -0.938. The van der Waals surface area contributed by atoms with E-state index in [4.69, 9.17) is 5.73 Å². The van der Waals surface area contributed by atoms with Crippen LogP contribution in [0, 0.1) is 5.92 Å². The molecule has 0 radical (unpaired) electrons. The summed E-state index contributed by atoms with van der Waals surface area (Å²) in [5.74, 6) is 0.161. The highest BCUT2D eigenvalue weighted by atomic mass is 16.5. The van der Waals surface area contributed by atoms with Crippen molar-refractivity contribution in [3.05, 3.63) is 0 Å². The van der Waals surface area contributed by atoms with Crippen molar-refractivity contribution in [1.82, 2.24) is 4.90 Å². The fraction of sp³-hybridized carbons (Fsp3) is 0.909. The molecular formula is C11H24N2O2. The van der Waals surface area contributed by atoms with Crippen LogP contribution in [-0.4, -0.2) is 43.2 Å². The number of nitrogens with two attached hydrogens (primary N) is 1. The Balaban J connectivity index is 4.39. The summed E-state index contributed by atoms with van der Waals surface area (Å²) >= 11 is 0. The highest BCUT2D eigenvalue weighted by Crippen LogP contribution is 2.12. The maximum Gasteiger partial charge on any atom is 0.326 e. The number of carbonyl (C=O) groups excluding carboxylic acids is 1. The van der Waals surface area contributed by atoms with E-state index in [9.17, 15) is 4.79 Å². The molecule has 0 bridgehead atoms. The highest BCUT2D eigenvalue weighted by Gasteiger charge is 2.32. The van der Waals surface area contributed by atoms with Gasteiger partial charge in [0.05, 0.1) is 7.11 Å². The fourth-order valence-electron chi connectivity index (χ4n) is 1.47. The Bertz CT molecular complexity index is 215. The van der Waals surface area contributed by atoms with Crippen molar-refractivity contribution < 1.29 is 9.53 Å². The number of methoxy groups -OCH3 is 1. The Hall–Kier alpha value is -0.610. The van der Waals surface area contributed by atoms with Gasteiger partial charge in [-0.3, -0.25) is 4.79 Å². The van der Waals surface area contributed by atoms with Gasteiger partial charge in [-0.05, 0) is 26.8 Å². The first kappa shape index (κ1) is 14.4. The van der Waals surface area contributed by atoms with E-state index < -0.39 is 5.54 Å². The summed E-state index contributed by atoms with van der Waals surface area (Å²) in [6, 6.07) is 0.387. The smallest absolute Gasteiger partial charge is 0.326 e. The van der Waals surface area contributed by atoms with E-state index in [0.717, 1.165) is 0 Å². The molecule has 2 N–H and O–H groups in total. The average Bonchev–Trinajstić information content (AvgIpc) is 2.14. The van der Waals surface area contributed by atoms with Crippen molar-refractivity contribution in [3.63, 3.8) is 0 Å². The number of rotatable bonds is 5. The monoisotopic (exact) mass is 216 g/mol. The van der Waals surface area contributed by atoms with E-state index in [0.29, 0.717) is 18.5 Å². The van der Waals surface area contributed by atoms with Crippen LogP contribution in [0.3, 0.4) is 0 Å². The molecule has 0 saturated carbocycles. The average molecular weight is 216 g/mol. The molecule has 0 aromatic heterocycles. The van der Waals surface area contributed by atoms with Gasteiger partial charge in [0.15, 0.2) is 0 Å².